The van der Waals surface area contributed by atoms with E-state index in [0.717, 1.165) is 48.9 Å². The molecule has 0 unspecified atom stereocenters. The third kappa shape index (κ3) is 7.28. The molecule has 6 rings (SSSR count). The summed E-state index contributed by atoms with van der Waals surface area (Å²) in [5.41, 5.74) is -0.653. The van der Waals surface area contributed by atoms with Crippen molar-refractivity contribution in [2.45, 2.75) is 63.6 Å². The predicted octanol–water partition coefficient (Wildman–Crippen LogP) is 3.21. The van der Waals surface area contributed by atoms with Gasteiger partial charge in [0.05, 0.1) is 3.79 Å². The van der Waals surface area contributed by atoms with Crippen molar-refractivity contribution in [2.75, 3.05) is 12.4 Å². The van der Waals surface area contributed by atoms with Crippen LogP contribution >= 0.6 is 43.2 Å². The van der Waals surface area contributed by atoms with E-state index in [9.17, 15) is 28.8 Å². The average Bonchev–Trinajstić information content (AvgIpc) is 3.31. The van der Waals surface area contributed by atoms with Crippen molar-refractivity contribution in [3.63, 3.8) is 0 Å². The lowest BCUT2D eigenvalue weighted by atomic mass is 9.54. The minimum atomic E-state index is -1.23. The first-order chi connectivity index (χ1) is 20.5. The number of likely N-dealkylation sites (N-methyl/N-ethyl adjacent to an activating group) is 1. The fourth-order valence-corrected chi connectivity index (χ4v) is 9.54. The Morgan fingerprint density at radius 1 is 1.05 bits per heavy atom. The van der Waals surface area contributed by atoms with Gasteiger partial charge in [-0.05, 0) is 112 Å². The van der Waals surface area contributed by atoms with Crippen molar-refractivity contribution < 1.29 is 24.0 Å². The highest BCUT2D eigenvalue weighted by molar-refractivity contribution is 9.11. The van der Waals surface area contributed by atoms with Crippen molar-refractivity contribution in [2.24, 2.45) is 23.7 Å². The molecule has 11 nitrogen and oxygen atoms in total. The molecule has 4 bridgehead atoms. The molecule has 0 aromatic carbocycles. The number of nitrogens with zero attached hydrogens (tertiary/aromatic N) is 1. The smallest absolute Gasteiger partial charge is 0.287 e. The highest BCUT2D eigenvalue weighted by Crippen LogP contribution is 2.53. The first kappa shape index (κ1) is 31.6. The third-order valence-electron chi connectivity index (χ3n) is 8.77. The van der Waals surface area contributed by atoms with Gasteiger partial charge in [0.25, 0.3) is 17.4 Å². The number of ketones is 1. The molecule has 2 heterocycles. The van der Waals surface area contributed by atoms with Gasteiger partial charge in [0.2, 0.25) is 17.6 Å². The number of rotatable bonds is 11. The minimum absolute atomic E-state index is 0.0770. The lowest BCUT2D eigenvalue weighted by Crippen LogP contribution is -2.56. The zero-order valence-electron chi connectivity index (χ0n) is 23.5. The predicted molar refractivity (Wildman–Crippen MR) is 168 cm³/mol. The molecule has 14 heteroatoms. The molecule has 4 amide bonds. The summed E-state index contributed by atoms with van der Waals surface area (Å²) in [5.74, 6) is -0.546. The van der Waals surface area contributed by atoms with Crippen molar-refractivity contribution in [3.05, 3.63) is 47.9 Å². The van der Waals surface area contributed by atoms with E-state index in [1.165, 1.54) is 30.3 Å². The number of hydrogen-bond donors (Lipinski definition) is 4. The van der Waals surface area contributed by atoms with E-state index >= 15 is 0 Å². The van der Waals surface area contributed by atoms with Crippen molar-refractivity contribution in [3.8, 4) is 0 Å². The molecule has 230 valence electrons. The molecule has 4 N–H and O–H groups in total. The summed E-state index contributed by atoms with van der Waals surface area (Å²) in [5, 5.41) is 10.6. The molecule has 1 atom stereocenters. The normalized spacial score (nSPS) is 24.2. The Morgan fingerprint density at radius 2 is 1.72 bits per heavy atom. The van der Waals surface area contributed by atoms with E-state index in [0.29, 0.717) is 25.0 Å². The van der Waals surface area contributed by atoms with Gasteiger partial charge in [-0.1, -0.05) is 0 Å². The van der Waals surface area contributed by atoms with Gasteiger partial charge >= 0.3 is 0 Å². The van der Waals surface area contributed by atoms with Crippen LogP contribution in [0.15, 0.2) is 37.4 Å². The van der Waals surface area contributed by atoms with Crippen LogP contribution in [-0.4, -0.2) is 53.1 Å². The molecule has 4 aliphatic rings. The van der Waals surface area contributed by atoms with Crippen LogP contribution in [0.1, 0.15) is 54.6 Å². The number of amides is 4. The quantitative estimate of drug-likeness (QED) is 0.260. The SMILES string of the molecule is CNC(=O)C(=O)CC[C@H](NC(=O)c1sc(Br)cc1Br)C(=O)Nc1cccn(CC(=O)NC2C3CC4CC(C3)CC2C4)c1=O. The Kier molecular flexibility index (Phi) is 9.86. The molecule has 0 saturated heterocycles. The van der Waals surface area contributed by atoms with Crippen LogP contribution in [0.2, 0.25) is 0 Å². The van der Waals surface area contributed by atoms with Gasteiger partial charge in [-0.15, -0.1) is 11.3 Å². The maximum Gasteiger partial charge on any atom is 0.287 e. The highest BCUT2D eigenvalue weighted by atomic mass is 79.9. The Balaban J connectivity index is 1.25. The number of nitrogens with one attached hydrogen (secondary N) is 4. The number of Topliss-reactive ketones (excluding diaryl/α,β-unsaturated/α-hetero) is 1. The number of anilines is 1. The Bertz CT molecular complexity index is 1480. The number of halogens is 2. The molecular weight excluding hydrogens is 706 g/mol. The van der Waals surface area contributed by atoms with E-state index in [2.05, 4.69) is 53.1 Å². The molecule has 4 saturated carbocycles. The summed E-state index contributed by atoms with van der Waals surface area (Å²) in [4.78, 5) is 76.7. The van der Waals surface area contributed by atoms with Crippen molar-refractivity contribution in [1.82, 2.24) is 20.5 Å². The number of pyridine rings is 1. The summed E-state index contributed by atoms with van der Waals surface area (Å²) in [6, 6.07) is 3.56. The van der Waals surface area contributed by atoms with Gasteiger partial charge in [-0.25, -0.2) is 0 Å². The van der Waals surface area contributed by atoms with Crippen LogP contribution in [0, 0.1) is 23.7 Å². The Morgan fingerprint density at radius 3 is 2.33 bits per heavy atom. The maximum atomic E-state index is 13.3. The summed E-state index contributed by atoms with van der Waals surface area (Å²) >= 11 is 7.77. The first-order valence-electron chi connectivity index (χ1n) is 14.3. The molecule has 4 fully saturated rings. The van der Waals surface area contributed by atoms with E-state index in [1.54, 1.807) is 12.1 Å². The molecular formula is C29H33Br2N5O6S. The van der Waals surface area contributed by atoms with Crippen LogP contribution in [0.3, 0.4) is 0 Å². The highest BCUT2D eigenvalue weighted by Gasteiger charge is 2.48. The maximum absolute atomic E-state index is 13.3. The van der Waals surface area contributed by atoms with Crippen LogP contribution in [0.5, 0.6) is 0 Å². The third-order valence-corrected chi connectivity index (χ3v) is 11.3. The van der Waals surface area contributed by atoms with Crippen molar-refractivity contribution in [1.29, 1.82) is 0 Å². The zero-order chi connectivity index (χ0) is 30.8. The topological polar surface area (TPSA) is 155 Å². The molecule has 0 radical (unpaired) electrons. The van der Waals surface area contributed by atoms with Crippen LogP contribution in [0.25, 0.3) is 0 Å². The summed E-state index contributed by atoms with van der Waals surface area (Å²) in [7, 11) is 1.32. The van der Waals surface area contributed by atoms with Gasteiger partial charge in [0.1, 0.15) is 23.2 Å². The Hall–Kier alpha value is -2.84. The largest absolute Gasteiger partial charge is 0.353 e. The lowest BCUT2D eigenvalue weighted by molar-refractivity contribution is -0.137. The fraction of sp³-hybridized carbons (Fsp3) is 0.517. The molecule has 0 spiro atoms. The van der Waals surface area contributed by atoms with Gasteiger partial charge < -0.3 is 25.8 Å². The van der Waals surface area contributed by atoms with Gasteiger partial charge in [-0.3, -0.25) is 28.8 Å². The van der Waals surface area contributed by atoms with Crippen molar-refractivity contribution >= 4 is 78.3 Å². The van der Waals surface area contributed by atoms with Crippen LogP contribution < -0.4 is 26.8 Å². The number of carbonyl (C=O) groups excluding carboxylic acids is 5. The molecule has 4 aliphatic carbocycles. The number of thiophene rings is 1. The standard InChI is InChI=1S/C29H33Br2N5O6S/c1-32-27(40)21(37)5-4-19(33-28(41)25-18(30)12-22(31)43-25)26(39)34-20-3-2-6-36(29(20)42)13-23(38)35-24-16-8-14-7-15(10-16)11-17(24)9-14/h2-3,6,12,14-17,19,24H,4-5,7-11,13H2,1H3,(H,32,40)(H,33,41)(H,34,39)(H,35,38)/t14?,15?,16?,17?,19-,24?/m0/s1. The van der Waals surface area contributed by atoms with Crippen LogP contribution in [0.4, 0.5) is 5.69 Å². The Labute approximate surface area is 269 Å². The summed E-state index contributed by atoms with van der Waals surface area (Å²) in [6.07, 6.45) is 6.96. The first-order valence-corrected chi connectivity index (χ1v) is 16.7. The van der Waals surface area contributed by atoms with Gasteiger partial charge in [-0.2, -0.15) is 0 Å². The zero-order valence-corrected chi connectivity index (χ0v) is 27.5. The summed E-state index contributed by atoms with van der Waals surface area (Å²) in [6.45, 7) is -0.187. The number of hydrogen-bond acceptors (Lipinski definition) is 7. The van der Waals surface area contributed by atoms with Gasteiger partial charge in [0, 0.05) is 30.2 Å². The van der Waals surface area contributed by atoms with E-state index in [-0.39, 0.29) is 37.0 Å². The second-order valence-corrected chi connectivity index (χ2v) is 14.9. The number of aromatic nitrogens is 1. The second-order valence-electron chi connectivity index (χ2n) is 11.7. The second kappa shape index (κ2) is 13.4. The lowest BCUT2D eigenvalue weighted by Gasteiger charge is -2.54. The summed E-state index contributed by atoms with van der Waals surface area (Å²) < 4.78 is 2.45. The minimum Gasteiger partial charge on any atom is -0.353 e. The molecule has 2 aromatic heterocycles. The van der Waals surface area contributed by atoms with Gasteiger partial charge in [0.15, 0.2) is 0 Å². The van der Waals surface area contributed by atoms with E-state index in [4.69, 9.17) is 0 Å². The fourth-order valence-electron chi connectivity index (χ4n) is 7.04. The molecule has 43 heavy (non-hydrogen) atoms. The van der Waals surface area contributed by atoms with E-state index < -0.39 is 35.1 Å². The number of carbonyl (C=O) groups is 5. The van der Waals surface area contributed by atoms with Crippen LogP contribution in [-0.2, 0) is 25.7 Å². The monoisotopic (exact) mass is 737 g/mol. The molecule has 0 aliphatic heterocycles. The molecule has 2 aromatic rings. The van der Waals surface area contributed by atoms with E-state index in [1.807, 2.05) is 0 Å². The average molecular weight is 739 g/mol.